The molecule has 0 spiro atoms. The van der Waals surface area contributed by atoms with Gasteiger partial charge in [-0.15, -0.1) is 15.3 Å². The van der Waals surface area contributed by atoms with Gasteiger partial charge >= 0.3 is 0 Å². The van der Waals surface area contributed by atoms with E-state index in [1.54, 1.807) is 11.6 Å². The van der Waals surface area contributed by atoms with Crippen LogP contribution in [-0.4, -0.2) is 34.0 Å². The molecular weight excluding hydrogens is 278 g/mol. The summed E-state index contributed by atoms with van der Waals surface area (Å²) in [7, 11) is 3.70. The molecule has 6 heteroatoms. The zero-order valence-corrected chi connectivity index (χ0v) is 13.2. The Hall–Kier alpha value is -2.63. The minimum atomic E-state index is 0.188. The van der Waals surface area contributed by atoms with Crippen molar-refractivity contribution in [2.75, 3.05) is 19.1 Å². The number of methoxy groups -OCH3 is 1. The number of benzene rings is 1. The molecule has 0 saturated carbocycles. The second-order valence-corrected chi connectivity index (χ2v) is 5.27. The quantitative estimate of drug-likeness (QED) is 0.741. The van der Waals surface area contributed by atoms with Crippen LogP contribution in [0.4, 0.5) is 5.82 Å². The lowest BCUT2D eigenvalue weighted by Crippen LogP contribution is -2.23. The van der Waals surface area contributed by atoms with Crippen LogP contribution in [-0.2, 0) is 0 Å². The van der Waals surface area contributed by atoms with Gasteiger partial charge in [-0.2, -0.15) is 4.52 Å². The van der Waals surface area contributed by atoms with Gasteiger partial charge in [0.1, 0.15) is 11.6 Å². The highest BCUT2D eigenvalue weighted by Gasteiger charge is 2.15. The van der Waals surface area contributed by atoms with Crippen LogP contribution in [0.25, 0.3) is 5.65 Å². The largest absolute Gasteiger partial charge is 0.497 e. The molecule has 0 aliphatic rings. The molecule has 0 bridgehead atoms. The van der Waals surface area contributed by atoms with Crippen LogP contribution in [0, 0.1) is 6.92 Å². The van der Waals surface area contributed by atoms with Gasteiger partial charge in [0.15, 0.2) is 11.5 Å². The molecule has 0 saturated heterocycles. The number of aryl methyl sites for hydroxylation is 1. The molecule has 3 aromatic rings. The second kappa shape index (κ2) is 5.63. The highest BCUT2D eigenvalue weighted by molar-refractivity contribution is 5.47. The number of anilines is 1. The van der Waals surface area contributed by atoms with Gasteiger partial charge in [-0.25, -0.2) is 0 Å². The van der Waals surface area contributed by atoms with E-state index in [4.69, 9.17) is 4.74 Å². The first-order chi connectivity index (χ1) is 10.6. The molecule has 22 heavy (non-hydrogen) atoms. The monoisotopic (exact) mass is 297 g/mol. The summed E-state index contributed by atoms with van der Waals surface area (Å²) in [5, 5.41) is 12.7. The van der Waals surface area contributed by atoms with Crippen molar-refractivity contribution in [1.29, 1.82) is 0 Å². The Balaban J connectivity index is 1.89. The molecule has 0 N–H and O–H groups in total. The summed E-state index contributed by atoms with van der Waals surface area (Å²) < 4.78 is 6.96. The number of fused-ring (bicyclic) bond motifs is 1. The molecule has 1 unspecified atom stereocenters. The molecule has 1 aromatic carbocycles. The summed E-state index contributed by atoms with van der Waals surface area (Å²) in [6.07, 6.45) is 0. The van der Waals surface area contributed by atoms with Gasteiger partial charge in [0, 0.05) is 7.05 Å². The Morgan fingerprint density at radius 3 is 2.50 bits per heavy atom. The zero-order valence-electron chi connectivity index (χ0n) is 13.2. The number of nitrogens with zero attached hydrogens (tertiary/aromatic N) is 5. The summed E-state index contributed by atoms with van der Waals surface area (Å²) in [6, 6.07) is 12.2. The molecule has 1 atom stereocenters. The van der Waals surface area contributed by atoms with Crippen LogP contribution in [0.3, 0.4) is 0 Å². The van der Waals surface area contributed by atoms with Crippen molar-refractivity contribution in [3.63, 3.8) is 0 Å². The first-order valence-electron chi connectivity index (χ1n) is 7.16. The van der Waals surface area contributed by atoms with E-state index in [0.29, 0.717) is 0 Å². The first kappa shape index (κ1) is 14.3. The zero-order chi connectivity index (χ0) is 15.7. The van der Waals surface area contributed by atoms with E-state index in [1.807, 2.05) is 38.2 Å². The first-order valence-corrected chi connectivity index (χ1v) is 7.16. The Morgan fingerprint density at radius 1 is 1.09 bits per heavy atom. The maximum Gasteiger partial charge on any atom is 0.178 e. The van der Waals surface area contributed by atoms with Crippen molar-refractivity contribution in [3.05, 3.63) is 47.8 Å². The average Bonchev–Trinajstić information content (AvgIpc) is 2.94. The summed E-state index contributed by atoms with van der Waals surface area (Å²) >= 11 is 0. The molecule has 3 rings (SSSR count). The lowest BCUT2D eigenvalue weighted by Gasteiger charge is -2.26. The van der Waals surface area contributed by atoms with Crippen molar-refractivity contribution in [3.8, 4) is 5.75 Å². The smallest absolute Gasteiger partial charge is 0.178 e. The van der Waals surface area contributed by atoms with Crippen LogP contribution in [0.1, 0.15) is 24.4 Å². The summed E-state index contributed by atoms with van der Waals surface area (Å²) in [5.74, 6) is 2.51. The number of aromatic nitrogens is 4. The van der Waals surface area contributed by atoms with E-state index >= 15 is 0 Å². The van der Waals surface area contributed by atoms with Crippen LogP contribution in [0.15, 0.2) is 36.4 Å². The Labute approximate surface area is 129 Å². The summed E-state index contributed by atoms with van der Waals surface area (Å²) in [5.41, 5.74) is 1.96. The summed E-state index contributed by atoms with van der Waals surface area (Å²) in [4.78, 5) is 2.13. The van der Waals surface area contributed by atoms with Gasteiger partial charge in [-0.1, -0.05) is 12.1 Å². The van der Waals surface area contributed by atoms with E-state index in [0.717, 1.165) is 23.0 Å². The number of rotatable bonds is 4. The Kier molecular flexibility index (Phi) is 3.66. The SMILES string of the molecule is COc1ccc(C(C)N(C)c2ccc3nnc(C)n3n2)cc1. The average molecular weight is 297 g/mol. The minimum Gasteiger partial charge on any atom is -0.497 e. The van der Waals surface area contributed by atoms with Gasteiger partial charge in [0.05, 0.1) is 13.2 Å². The molecule has 0 aliphatic heterocycles. The minimum absolute atomic E-state index is 0.188. The standard InChI is InChI=1S/C16H19N5O/c1-11(13-5-7-14(22-4)8-6-13)20(3)16-10-9-15-18-17-12(2)21(15)19-16/h5-11H,1-4H3. The fourth-order valence-electron chi connectivity index (χ4n) is 2.38. The Morgan fingerprint density at radius 2 is 1.82 bits per heavy atom. The Bertz CT molecular complexity index is 781. The third-order valence-corrected chi connectivity index (χ3v) is 3.95. The lowest BCUT2D eigenvalue weighted by molar-refractivity contribution is 0.414. The third-order valence-electron chi connectivity index (χ3n) is 3.95. The second-order valence-electron chi connectivity index (χ2n) is 5.27. The molecule has 114 valence electrons. The van der Waals surface area contributed by atoms with Crippen molar-refractivity contribution in [1.82, 2.24) is 19.8 Å². The predicted octanol–water partition coefficient (Wildman–Crippen LogP) is 2.64. The number of hydrogen-bond acceptors (Lipinski definition) is 5. The van der Waals surface area contributed by atoms with E-state index < -0.39 is 0 Å². The maximum absolute atomic E-state index is 5.20. The normalized spacial score (nSPS) is 12.4. The van der Waals surface area contributed by atoms with E-state index in [-0.39, 0.29) is 6.04 Å². The van der Waals surface area contributed by atoms with Gasteiger partial charge in [-0.05, 0) is 43.7 Å². The summed E-state index contributed by atoms with van der Waals surface area (Å²) in [6.45, 7) is 4.04. The molecule has 2 aromatic heterocycles. The molecule has 2 heterocycles. The number of ether oxygens (including phenoxy) is 1. The molecular formula is C16H19N5O. The maximum atomic E-state index is 5.20. The van der Waals surface area contributed by atoms with Crippen LogP contribution in [0.5, 0.6) is 5.75 Å². The van der Waals surface area contributed by atoms with Crippen LogP contribution < -0.4 is 9.64 Å². The molecule has 0 radical (unpaired) electrons. The predicted molar refractivity (Wildman–Crippen MR) is 85.3 cm³/mol. The highest BCUT2D eigenvalue weighted by atomic mass is 16.5. The molecule has 0 amide bonds. The van der Waals surface area contributed by atoms with E-state index in [2.05, 4.69) is 39.3 Å². The van der Waals surface area contributed by atoms with Crippen molar-refractivity contribution >= 4 is 11.5 Å². The highest BCUT2D eigenvalue weighted by Crippen LogP contribution is 2.25. The van der Waals surface area contributed by atoms with Gasteiger partial charge in [-0.3, -0.25) is 0 Å². The molecule has 0 fully saturated rings. The topological polar surface area (TPSA) is 55.5 Å². The van der Waals surface area contributed by atoms with Gasteiger partial charge in [0.2, 0.25) is 0 Å². The third kappa shape index (κ3) is 2.47. The lowest BCUT2D eigenvalue weighted by atomic mass is 10.1. The van der Waals surface area contributed by atoms with Crippen LogP contribution in [0.2, 0.25) is 0 Å². The van der Waals surface area contributed by atoms with Gasteiger partial charge in [0.25, 0.3) is 0 Å². The van der Waals surface area contributed by atoms with E-state index in [1.165, 1.54) is 5.56 Å². The van der Waals surface area contributed by atoms with Crippen molar-refractivity contribution < 1.29 is 4.74 Å². The van der Waals surface area contributed by atoms with E-state index in [9.17, 15) is 0 Å². The number of hydrogen-bond donors (Lipinski definition) is 0. The molecule has 0 aliphatic carbocycles. The van der Waals surface area contributed by atoms with Crippen molar-refractivity contribution in [2.24, 2.45) is 0 Å². The fourth-order valence-corrected chi connectivity index (χ4v) is 2.38. The fraction of sp³-hybridized carbons (Fsp3) is 0.312. The van der Waals surface area contributed by atoms with Crippen LogP contribution >= 0.6 is 0 Å². The molecule has 6 nitrogen and oxygen atoms in total. The van der Waals surface area contributed by atoms with Crippen molar-refractivity contribution in [2.45, 2.75) is 19.9 Å². The van der Waals surface area contributed by atoms with Gasteiger partial charge < -0.3 is 9.64 Å².